The zero-order valence-corrected chi connectivity index (χ0v) is 12.0. The molecular weight excluding hydrogens is 270 g/mol. The molecule has 8 heteroatoms. The maximum absolute atomic E-state index is 12.6. The lowest BCUT2D eigenvalue weighted by Crippen LogP contribution is -2.45. The highest BCUT2D eigenvalue weighted by molar-refractivity contribution is 7.89. The predicted octanol–water partition coefficient (Wildman–Crippen LogP) is 0.191. The normalized spacial score (nSPS) is 20.7. The van der Waals surface area contributed by atoms with Gasteiger partial charge < -0.3 is 9.84 Å². The molecule has 106 valence electrons. The van der Waals surface area contributed by atoms with Crippen LogP contribution in [0.4, 0.5) is 0 Å². The molecule has 1 aromatic rings. The number of carbonyl (C=O) groups is 1. The summed E-state index contributed by atoms with van der Waals surface area (Å²) in [7, 11) is -2.24. The average molecular weight is 287 g/mol. The van der Waals surface area contributed by atoms with Crippen molar-refractivity contribution in [1.29, 1.82) is 0 Å². The Bertz CT molecular complexity index is 574. The zero-order chi connectivity index (χ0) is 14.2. The van der Waals surface area contributed by atoms with Gasteiger partial charge in [-0.25, -0.2) is 8.42 Å². The van der Waals surface area contributed by atoms with Crippen LogP contribution in [0.15, 0.2) is 9.42 Å². The number of likely N-dealkylation sites (N-methyl/N-ethyl adjacent to an activating group) is 1. The summed E-state index contributed by atoms with van der Waals surface area (Å²) in [6, 6.07) is -0.649. The van der Waals surface area contributed by atoms with E-state index >= 15 is 0 Å². The molecule has 2 heterocycles. The third kappa shape index (κ3) is 2.25. The second kappa shape index (κ2) is 4.93. The first-order valence-electron chi connectivity index (χ1n) is 6.06. The number of rotatable bonds is 3. The summed E-state index contributed by atoms with van der Waals surface area (Å²) >= 11 is 0. The minimum absolute atomic E-state index is 0.0725. The van der Waals surface area contributed by atoms with Gasteiger partial charge in [0.1, 0.15) is 16.6 Å². The summed E-state index contributed by atoms with van der Waals surface area (Å²) in [5.74, 6) is -0.0344. The number of carbonyl (C=O) groups excluding carboxylic acids is 1. The van der Waals surface area contributed by atoms with Gasteiger partial charge in [0.2, 0.25) is 15.9 Å². The van der Waals surface area contributed by atoms with Crippen LogP contribution in [0.5, 0.6) is 0 Å². The first-order chi connectivity index (χ1) is 8.89. The molecule has 7 nitrogen and oxygen atoms in total. The lowest BCUT2D eigenvalue weighted by atomic mass is 10.2. The van der Waals surface area contributed by atoms with Crippen LogP contribution in [0, 0.1) is 13.8 Å². The van der Waals surface area contributed by atoms with E-state index in [1.54, 1.807) is 13.8 Å². The van der Waals surface area contributed by atoms with Crippen molar-refractivity contribution in [1.82, 2.24) is 14.8 Å². The van der Waals surface area contributed by atoms with Gasteiger partial charge >= 0.3 is 0 Å². The van der Waals surface area contributed by atoms with E-state index in [0.717, 1.165) is 0 Å². The van der Waals surface area contributed by atoms with E-state index in [2.05, 4.69) is 10.5 Å². The molecule has 2 rings (SSSR count). The number of nitrogens with one attached hydrogen (secondary N) is 1. The Morgan fingerprint density at radius 1 is 1.47 bits per heavy atom. The molecule has 1 atom stereocenters. The molecule has 0 aromatic carbocycles. The Kier molecular flexibility index (Phi) is 3.64. The fraction of sp³-hybridized carbons (Fsp3) is 0.636. The lowest BCUT2D eigenvalue weighted by molar-refractivity contribution is -0.123. The number of aryl methyl sites for hydroxylation is 2. The monoisotopic (exact) mass is 287 g/mol. The number of hydrogen-bond donors (Lipinski definition) is 1. The number of hydrogen-bond acceptors (Lipinski definition) is 5. The van der Waals surface area contributed by atoms with Crippen LogP contribution in [-0.2, 0) is 14.8 Å². The molecule has 1 fully saturated rings. The van der Waals surface area contributed by atoms with Crippen molar-refractivity contribution in [2.45, 2.75) is 37.6 Å². The SMILES string of the molecule is CNC(=O)C1CCCN1S(=O)(=O)c1c(C)noc1C. The molecule has 0 spiro atoms. The second-order valence-electron chi connectivity index (χ2n) is 4.54. The van der Waals surface area contributed by atoms with E-state index in [9.17, 15) is 13.2 Å². The second-order valence-corrected chi connectivity index (χ2v) is 6.37. The standard InChI is InChI=1S/C11H17N3O4S/c1-7-10(8(2)18-13-7)19(16,17)14-6-4-5-9(14)11(15)12-3/h9H,4-6H2,1-3H3,(H,12,15). The average Bonchev–Trinajstić information content (AvgIpc) is 2.95. The highest BCUT2D eigenvalue weighted by Crippen LogP contribution is 2.29. The van der Waals surface area contributed by atoms with Gasteiger partial charge in [-0.15, -0.1) is 0 Å². The molecule has 19 heavy (non-hydrogen) atoms. The molecule has 0 saturated carbocycles. The van der Waals surface area contributed by atoms with Crippen LogP contribution in [-0.4, -0.2) is 43.4 Å². The first kappa shape index (κ1) is 14.0. The summed E-state index contributed by atoms with van der Waals surface area (Å²) in [5, 5.41) is 6.16. The van der Waals surface area contributed by atoms with Crippen molar-refractivity contribution in [3.63, 3.8) is 0 Å². The summed E-state index contributed by atoms with van der Waals surface area (Å²) in [6.45, 7) is 3.47. The molecule has 1 saturated heterocycles. The van der Waals surface area contributed by atoms with Crippen molar-refractivity contribution < 1.29 is 17.7 Å². The van der Waals surface area contributed by atoms with Crippen LogP contribution in [0.3, 0.4) is 0 Å². The van der Waals surface area contributed by atoms with E-state index in [0.29, 0.717) is 25.1 Å². The fourth-order valence-corrected chi connectivity index (χ4v) is 4.37. The zero-order valence-electron chi connectivity index (χ0n) is 11.1. The van der Waals surface area contributed by atoms with Crippen molar-refractivity contribution in [3.8, 4) is 0 Å². The third-order valence-corrected chi connectivity index (χ3v) is 5.44. The molecular formula is C11H17N3O4S. The van der Waals surface area contributed by atoms with Gasteiger partial charge in [-0.2, -0.15) is 4.31 Å². The van der Waals surface area contributed by atoms with Crippen LogP contribution in [0.2, 0.25) is 0 Å². The molecule has 1 amide bonds. The maximum Gasteiger partial charge on any atom is 0.249 e. The van der Waals surface area contributed by atoms with Gasteiger partial charge in [0.25, 0.3) is 0 Å². The topological polar surface area (TPSA) is 92.5 Å². The van der Waals surface area contributed by atoms with Gasteiger partial charge in [-0.05, 0) is 26.7 Å². The van der Waals surface area contributed by atoms with Crippen molar-refractivity contribution >= 4 is 15.9 Å². The smallest absolute Gasteiger partial charge is 0.249 e. The van der Waals surface area contributed by atoms with Gasteiger partial charge in [0.05, 0.1) is 0 Å². The van der Waals surface area contributed by atoms with Crippen molar-refractivity contribution in [2.75, 3.05) is 13.6 Å². The largest absolute Gasteiger partial charge is 0.360 e. The molecule has 1 unspecified atom stereocenters. The minimum atomic E-state index is -3.74. The fourth-order valence-electron chi connectivity index (χ4n) is 2.42. The number of nitrogens with zero attached hydrogens (tertiary/aromatic N) is 2. The Labute approximate surface area is 112 Å². The van der Waals surface area contributed by atoms with Crippen molar-refractivity contribution in [2.24, 2.45) is 0 Å². The van der Waals surface area contributed by atoms with E-state index < -0.39 is 16.1 Å². The number of amides is 1. The quantitative estimate of drug-likeness (QED) is 0.856. The highest BCUT2D eigenvalue weighted by Gasteiger charge is 2.41. The van der Waals surface area contributed by atoms with Crippen LogP contribution < -0.4 is 5.32 Å². The van der Waals surface area contributed by atoms with E-state index in [1.807, 2.05) is 0 Å². The summed E-state index contributed by atoms with van der Waals surface area (Å²) in [6.07, 6.45) is 1.20. The van der Waals surface area contributed by atoms with Crippen molar-refractivity contribution in [3.05, 3.63) is 11.5 Å². The summed E-state index contributed by atoms with van der Waals surface area (Å²) in [4.78, 5) is 11.8. The van der Waals surface area contributed by atoms with Gasteiger partial charge in [-0.1, -0.05) is 5.16 Å². The molecule has 1 aromatic heterocycles. The highest BCUT2D eigenvalue weighted by atomic mass is 32.2. The molecule has 0 aliphatic carbocycles. The first-order valence-corrected chi connectivity index (χ1v) is 7.50. The number of sulfonamides is 1. The van der Waals surface area contributed by atoms with Gasteiger partial charge in [0, 0.05) is 13.6 Å². The van der Waals surface area contributed by atoms with E-state index in [-0.39, 0.29) is 16.6 Å². The van der Waals surface area contributed by atoms with E-state index in [1.165, 1.54) is 11.4 Å². The Morgan fingerprint density at radius 3 is 2.68 bits per heavy atom. The number of aromatic nitrogens is 1. The lowest BCUT2D eigenvalue weighted by Gasteiger charge is -2.22. The Hall–Kier alpha value is -1.41. The predicted molar refractivity (Wildman–Crippen MR) is 67.0 cm³/mol. The third-order valence-electron chi connectivity index (χ3n) is 3.29. The molecule has 0 radical (unpaired) electrons. The maximum atomic E-state index is 12.6. The minimum Gasteiger partial charge on any atom is -0.360 e. The molecule has 1 aliphatic heterocycles. The van der Waals surface area contributed by atoms with Gasteiger partial charge in [-0.3, -0.25) is 4.79 Å². The Balaban J connectivity index is 2.43. The molecule has 1 N–H and O–H groups in total. The van der Waals surface area contributed by atoms with E-state index in [4.69, 9.17) is 4.52 Å². The van der Waals surface area contributed by atoms with Crippen LogP contribution in [0.1, 0.15) is 24.3 Å². The van der Waals surface area contributed by atoms with Gasteiger partial charge in [0.15, 0.2) is 5.76 Å². The van der Waals surface area contributed by atoms with Crippen LogP contribution >= 0.6 is 0 Å². The van der Waals surface area contributed by atoms with Crippen LogP contribution in [0.25, 0.3) is 0 Å². The molecule has 1 aliphatic rings. The molecule has 0 bridgehead atoms. The summed E-state index contributed by atoms with van der Waals surface area (Å²) < 4.78 is 31.4. The Morgan fingerprint density at radius 2 is 2.16 bits per heavy atom. The summed E-state index contributed by atoms with van der Waals surface area (Å²) in [5.41, 5.74) is 0.319.